The lowest BCUT2D eigenvalue weighted by molar-refractivity contribution is -0.140. The van der Waals surface area contributed by atoms with Crippen molar-refractivity contribution in [3.8, 4) is 0 Å². The SMILES string of the molecule is O=C(NCc1cncs1)NC1(C(=O)O)CC1. The maximum Gasteiger partial charge on any atom is 0.329 e. The summed E-state index contributed by atoms with van der Waals surface area (Å²) in [5, 5.41) is 13.9. The zero-order valence-corrected chi connectivity index (χ0v) is 9.21. The highest BCUT2D eigenvalue weighted by atomic mass is 32.1. The fourth-order valence-electron chi connectivity index (χ4n) is 1.28. The summed E-state index contributed by atoms with van der Waals surface area (Å²) in [7, 11) is 0. The summed E-state index contributed by atoms with van der Waals surface area (Å²) in [6, 6.07) is -0.451. The molecule has 2 rings (SSSR count). The van der Waals surface area contributed by atoms with E-state index in [1.165, 1.54) is 11.3 Å². The number of carbonyl (C=O) groups is 2. The Labute approximate surface area is 95.7 Å². The second kappa shape index (κ2) is 4.09. The Morgan fingerprint density at radius 1 is 1.56 bits per heavy atom. The largest absolute Gasteiger partial charge is 0.480 e. The van der Waals surface area contributed by atoms with Crippen molar-refractivity contribution in [1.82, 2.24) is 15.6 Å². The van der Waals surface area contributed by atoms with Crippen LogP contribution in [0.15, 0.2) is 11.7 Å². The van der Waals surface area contributed by atoms with E-state index in [0.29, 0.717) is 19.4 Å². The Bertz CT molecular complexity index is 400. The molecule has 1 aromatic rings. The van der Waals surface area contributed by atoms with Crippen LogP contribution in [0.5, 0.6) is 0 Å². The Hall–Kier alpha value is -1.63. The molecule has 0 aliphatic heterocycles. The van der Waals surface area contributed by atoms with E-state index < -0.39 is 17.5 Å². The zero-order chi connectivity index (χ0) is 11.6. The van der Waals surface area contributed by atoms with E-state index in [1.54, 1.807) is 11.7 Å². The van der Waals surface area contributed by atoms with Gasteiger partial charge in [0.1, 0.15) is 5.54 Å². The number of nitrogens with zero attached hydrogens (tertiary/aromatic N) is 1. The van der Waals surface area contributed by atoms with Gasteiger partial charge >= 0.3 is 12.0 Å². The lowest BCUT2D eigenvalue weighted by Gasteiger charge is -2.12. The van der Waals surface area contributed by atoms with Crippen molar-refractivity contribution in [3.63, 3.8) is 0 Å². The average molecular weight is 241 g/mol. The summed E-state index contributed by atoms with van der Waals surface area (Å²) in [4.78, 5) is 27.0. The highest BCUT2D eigenvalue weighted by Gasteiger charge is 2.51. The van der Waals surface area contributed by atoms with Crippen molar-refractivity contribution in [2.75, 3.05) is 0 Å². The number of thiazole rings is 1. The first-order valence-corrected chi connectivity index (χ1v) is 5.67. The highest BCUT2D eigenvalue weighted by Crippen LogP contribution is 2.35. The van der Waals surface area contributed by atoms with Crippen LogP contribution in [0.25, 0.3) is 0 Å². The van der Waals surface area contributed by atoms with Gasteiger partial charge in [-0.3, -0.25) is 4.98 Å². The summed E-state index contributed by atoms with van der Waals surface area (Å²) in [6.45, 7) is 0.367. The molecule has 16 heavy (non-hydrogen) atoms. The van der Waals surface area contributed by atoms with Crippen LogP contribution in [-0.2, 0) is 11.3 Å². The molecule has 1 fully saturated rings. The first-order chi connectivity index (χ1) is 7.62. The zero-order valence-electron chi connectivity index (χ0n) is 8.40. The Morgan fingerprint density at radius 3 is 2.81 bits per heavy atom. The van der Waals surface area contributed by atoms with E-state index >= 15 is 0 Å². The van der Waals surface area contributed by atoms with Crippen molar-refractivity contribution in [2.45, 2.75) is 24.9 Å². The molecule has 0 saturated heterocycles. The van der Waals surface area contributed by atoms with E-state index in [9.17, 15) is 9.59 Å². The third-order valence-corrected chi connectivity index (χ3v) is 3.20. The number of carboxylic acid groups (broad SMARTS) is 1. The summed E-state index contributed by atoms with van der Waals surface area (Å²) in [6.07, 6.45) is 2.65. The molecular weight excluding hydrogens is 230 g/mol. The van der Waals surface area contributed by atoms with E-state index in [4.69, 9.17) is 5.11 Å². The fourth-order valence-corrected chi connectivity index (χ4v) is 1.81. The molecular formula is C9H11N3O3S. The number of amides is 2. The molecule has 7 heteroatoms. The smallest absolute Gasteiger partial charge is 0.329 e. The first kappa shape index (κ1) is 10.9. The van der Waals surface area contributed by atoms with Crippen LogP contribution in [0.2, 0.25) is 0 Å². The van der Waals surface area contributed by atoms with E-state index in [2.05, 4.69) is 15.6 Å². The molecule has 3 N–H and O–H groups in total. The number of urea groups is 1. The number of aliphatic carboxylic acids is 1. The number of hydrogen-bond donors (Lipinski definition) is 3. The van der Waals surface area contributed by atoms with Gasteiger partial charge in [0, 0.05) is 11.1 Å². The van der Waals surface area contributed by atoms with Gasteiger partial charge in [0.2, 0.25) is 0 Å². The van der Waals surface area contributed by atoms with Crippen molar-refractivity contribution >= 4 is 23.3 Å². The van der Waals surface area contributed by atoms with E-state index in [-0.39, 0.29) is 0 Å². The molecule has 1 aliphatic carbocycles. The van der Waals surface area contributed by atoms with Gasteiger partial charge in [0.05, 0.1) is 12.1 Å². The van der Waals surface area contributed by atoms with Crippen molar-refractivity contribution in [2.24, 2.45) is 0 Å². The summed E-state index contributed by atoms with van der Waals surface area (Å²) in [5.74, 6) is -0.972. The molecule has 0 radical (unpaired) electrons. The van der Waals surface area contributed by atoms with Crippen LogP contribution in [0.3, 0.4) is 0 Å². The minimum atomic E-state index is -1.03. The lowest BCUT2D eigenvalue weighted by atomic mass is 10.3. The van der Waals surface area contributed by atoms with Crippen LogP contribution in [0, 0.1) is 0 Å². The molecule has 1 saturated carbocycles. The lowest BCUT2D eigenvalue weighted by Crippen LogP contribution is -2.47. The van der Waals surface area contributed by atoms with E-state index in [0.717, 1.165) is 4.88 Å². The first-order valence-electron chi connectivity index (χ1n) is 4.79. The normalized spacial score (nSPS) is 16.5. The Kier molecular flexibility index (Phi) is 2.78. The number of carbonyl (C=O) groups excluding carboxylic acids is 1. The average Bonchev–Trinajstić information content (AvgIpc) is 2.84. The third-order valence-electron chi connectivity index (χ3n) is 2.42. The molecule has 86 valence electrons. The topological polar surface area (TPSA) is 91.3 Å². The van der Waals surface area contributed by atoms with Crippen LogP contribution in [-0.4, -0.2) is 27.6 Å². The fraction of sp³-hybridized carbons (Fsp3) is 0.444. The van der Waals surface area contributed by atoms with Crippen molar-refractivity contribution in [1.29, 1.82) is 0 Å². The highest BCUT2D eigenvalue weighted by molar-refractivity contribution is 7.09. The predicted molar refractivity (Wildman–Crippen MR) is 57.1 cm³/mol. The van der Waals surface area contributed by atoms with Crippen LogP contribution in [0.4, 0.5) is 4.79 Å². The molecule has 0 atom stereocenters. The van der Waals surface area contributed by atoms with Gasteiger partial charge in [-0.2, -0.15) is 0 Å². The van der Waals surface area contributed by atoms with Gasteiger partial charge < -0.3 is 15.7 Å². The van der Waals surface area contributed by atoms with Crippen molar-refractivity contribution in [3.05, 3.63) is 16.6 Å². The molecule has 2 amide bonds. The summed E-state index contributed by atoms with van der Waals surface area (Å²) >= 11 is 1.43. The van der Waals surface area contributed by atoms with Gasteiger partial charge in [0.25, 0.3) is 0 Å². The maximum absolute atomic E-state index is 11.4. The number of rotatable bonds is 4. The van der Waals surface area contributed by atoms with Crippen molar-refractivity contribution < 1.29 is 14.7 Å². The van der Waals surface area contributed by atoms with E-state index in [1.807, 2.05) is 0 Å². The molecule has 1 heterocycles. The molecule has 6 nitrogen and oxygen atoms in total. The van der Waals surface area contributed by atoms with Gasteiger partial charge in [-0.05, 0) is 12.8 Å². The molecule has 1 aromatic heterocycles. The molecule has 0 aromatic carbocycles. The summed E-state index contributed by atoms with van der Waals surface area (Å²) in [5.41, 5.74) is 0.645. The van der Waals surface area contributed by atoms with Gasteiger partial charge in [-0.25, -0.2) is 9.59 Å². The van der Waals surface area contributed by atoms with Gasteiger partial charge in [0.15, 0.2) is 0 Å². The van der Waals surface area contributed by atoms with Gasteiger partial charge in [-0.1, -0.05) is 0 Å². The molecule has 0 unspecified atom stereocenters. The minimum absolute atomic E-state index is 0.367. The predicted octanol–water partition coefficient (Wildman–Crippen LogP) is 0.559. The number of aromatic nitrogens is 1. The number of hydrogen-bond acceptors (Lipinski definition) is 4. The number of carboxylic acids is 1. The van der Waals surface area contributed by atoms with Gasteiger partial charge in [-0.15, -0.1) is 11.3 Å². The Morgan fingerprint density at radius 2 is 2.31 bits per heavy atom. The quantitative estimate of drug-likeness (QED) is 0.718. The summed E-state index contributed by atoms with van der Waals surface area (Å²) < 4.78 is 0. The maximum atomic E-state index is 11.4. The van der Waals surface area contributed by atoms with Crippen LogP contribution >= 0.6 is 11.3 Å². The van der Waals surface area contributed by atoms with Crippen LogP contribution in [0.1, 0.15) is 17.7 Å². The monoisotopic (exact) mass is 241 g/mol. The van der Waals surface area contributed by atoms with Crippen LogP contribution < -0.4 is 10.6 Å². The molecule has 0 bridgehead atoms. The minimum Gasteiger partial charge on any atom is -0.480 e. The molecule has 0 spiro atoms. The number of nitrogens with one attached hydrogen (secondary N) is 2. The second-order valence-electron chi connectivity index (χ2n) is 3.66. The third kappa shape index (κ3) is 2.30. The standard InChI is InChI=1S/C9H11N3O3S/c13-7(14)9(1-2-9)12-8(15)11-4-6-3-10-5-16-6/h3,5H,1-2,4H2,(H,13,14)(H2,11,12,15). The second-order valence-corrected chi connectivity index (χ2v) is 4.63. The Balaban J connectivity index is 1.79. The molecule has 1 aliphatic rings.